The van der Waals surface area contributed by atoms with E-state index < -0.39 is 0 Å². The van der Waals surface area contributed by atoms with E-state index in [1.54, 1.807) is 0 Å². The Kier molecular flexibility index (Phi) is 3.76. The fourth-order valence-electron chi connectivity index (χ4n) is 3.69. The zero-order valence-electron chi connectivity index (χ0n) is 12.6. The molecule has 0 N–H and O–H groups in total. The molecule has 3 rings (SSSR count). The Bertz CT molecular complexity index is 617. The zero-order valence-corrected chi connectivity index (χ0v) is 13.3. The Hall–Kier alpha value is -1.02. The second-order valence-corrected chi connectivity index (χ2v) is 6.58. The Morgan fingerprint density at radius 1 is 1.30 bits per heavy atom. The molecule has 1 heterocycles. The zero-order chi connectivity index (χ0) is 14.3. The van der Waals surface area contributed by atoms with E-state index in [4.69, 9.17) is 16.6 Å². The number of rotatable bonds is 2. The molecule has 0 radical (unpaired) electrons. The molecule has 1 aromatic heterocycles. The van der Waals surface area contributed by atoms with Crippen molar-refractivity contribution in [1.29, 1.82) is 0 Å². The highest BCUT2D eigenvalue weighted by molar-refractivity contribution is 6.16. The number of aromatic nitrogens is 2. The summed E-state index contributed by atoms with van der Waals surface area (Å²) in [4.78, 5) is 4.80. The molecule has 2 aromatic rings. The standard InChI is InChI=1S/C17H23ClN2/c1-11-6-4-8-14(13(11)3)20-15-9-5-7-12(2)17(15)19-16(20)10-18/h5,7,9,11,13-14H,4,6,8,10H2,1-3H3. The van der Waals surface area contributed by atoms with E-state index in [0.29, 0.717) is 17.8 Å². The molecule has 3 unspecified atom stereocenters. The lowest BCUT2D eigenvalue weighted by Gasteiger charge is -2.36. The van der Waals surface area contributed by atoms with Crippen LogP contribution in [-0.4, -0.2) is 9.55 Å². The molecule has 1 aromatic carbocycles. The van der Waals surface area contributed by atoms with Gasteiger partial charge in [0, 0.05) is 6.04 Å². The van der Waals surface area contributed by atoms with Gasteiger partial charge in [-0.15, -0.1) is 11.6 Å². The number of hydrogen-bond acceptors (Lipinski definition) is 1. The van der Waals surface area contributed by atoms with Crippen molar-refractivity contribution in [1.82, 2.24) is 9.55 Å². The number of nitrogens with zero attached hydrogens (tertiary/aromatic N) is 2. The van der Waals surface area contributed by atoms with Crippen LogP contribution in [0.25, 0.3) is 11.0 Å². The average molecular weight is 291 g/mol. The minimum absolute atomic E-state index is 0.492. The van der Waals surface area contributed by atoms with Crippen molar-refractivity contribution >= 4 is 22.6 Å². The first-order valence-corrected chi connectivity index (χ1v) is 8.19. The molecule has 1 saturated carbocycles. The van der Waals surface area contributed by atoms with Crippen molar-refractivity contribution in [2.75, 3.05) is 0 Å². The first-order valence-electron chi connectivity index (χ1n) is 7.66. The molecule has 0 spiro atoms. The van der Waals surface area contributed by atoms with Crippen LogP contribution in [0.15, 0.2) is 18.2 Å². The monoisotopic (exact) mass is 290 g/mol. The van der Waals surface area contributed by atoms with Gasteiger partial charge in [-0.25, -0.2) is 4.98 Å². The largest absolute Gasteiger partial charge is 0.324 e. The number of hydrogen-bond donors (Lipinski definition) is 0. The summed E-state index contributed by atoms with van der Waals surface area (Å²) in [5.41, 5.74) is 3.62. The number of imidazole rings is 1. The van der Waals surface area contributed by atoms with Gasteiger partial charge in [0.1, 0.15) is 5.82 Å². The van der Waals surface area contributed by atoms with Crippen LogP contribution >= 0.6 is 11.6 Å². The van der Waals surface area contributed by atoms with Crippen LogP contribution in [-0.2, 0) is 5.88 Å². The molecular formula is C17H23ClN2. The lowest BCUT2D eigenvalue weighted by molar-refractivity contribution is 0.187. The summed E-state index contributed by atoms with van der Waals surface area (Å²) in [5.74, 6) is 2.98. The van der Waals surface area contributed by atoms with E-state index >= 15 is 0 Å². The molecule has 0 bridgehead atoms. The molecule has 1 aliphatic carbocycles. The lowest BCUT2D eigenvalue weighted by Crippen LogP contribution is -2.27. The van der Waals surface area contributed by atoms with Crippen LogP contribution in [0, 0.1) is 18.8 Å². The van der Waals surface area contributed by atoms with Crippen LogP contribution in [0.5, 0.6) is 0 Å². The fourth-order valence-corrected chi connectivity index (χ4v) is 3.88. The van der Waals surface area contributed by atoms with Gasteiger partial charge in [0.15, 0.2) is 0 Å². The van der Waals surface area contributed by atoms with Crippen molar-refractivity contribution in [2.24, 2.45) is 11.8 Å². The van der Waals surface area contributed by atoms with Gasteiger partial charge in [0.2, 0.25) is 0 Å². The Morgan fingerprint density at radius 3 is 2.85 bits per heavy atom. The van der Waals surface area contributed by atoms with Gasteiger partial charge in [-0.1, -0.05) is 38.8 Å². The third-order valence-corrected chi connectivity index (χ3v) is 5.35. The molecule has 0 saturated heterocycles. The molecule has 0 amide bonds. The number of fused-ring (bicyclic) bond motifs is 1. The summed E-state index contributed by atoms with van der Waals surface area (Å²) in [6, 6.07) is 6.99. The van der Waals surface area contributed by atoms with E-state index in [1.807, 2.05) is 0 Å². The molecule has 0 aliphatic heterocycles. The Balaban J connectivity index is 2.16. The molecule has 1 aliphatic rings. The second kappa shape index (κ2) is 5.40. The van der Waals surface area contributed by atoms with Gasteiger partial charge in [-0.3, -0.25) is 0 Å². The molecule has 3 atom stereocenters. The predicted octanol–water partition coefficient (Wildman–Crippen LogP) is 5.08. The van der Waals surface area contributed by atoms with Gasteiger partial charge >= 0.3 is 0 Å². The van der Waals surface area contributed by atoms with Crippen LogP contribution in [0.1, 0.15) is 50.5 Å². The second-order valence-electron chi connectivity index (χ2n) is 6.31. The average Bonchev–Trinajstić information content (AvgIpc) is 2.82. The van der Waals surface area contributed by atoms with E-state index in [-0.39, 0.29) is 0 Å². The Labute approximate surface area is 126 Å². The van der Waals surface area contributed by atoms with Crippen molar-refractivity contribution in [2.45, 2.75) is 52.0 Å². The maximum Gasteiger partial charge on any atom is 0.125 e. The Morgan fingerprint density at radius 2 is 2.10 bits per heavy atom. The first kappa shape index (κ1) is 13.9. The predicted molar refractivity (Wildman–Crippen MR) is 85.2 cm³/mol. The van der Waals surface area contributed by atoms with Gasteiger partial charge in [0.25, 0.3) is 0 Å². The van der Waals surface area contributed by atoms with Crippen molar-refractivity contribution in [3.8, 4) is 0 Å². The summed E-state index contributed by atoms with van der Waals surface area (Å²) in [5, 5.41) is 0. The fraction of sp³-hybridized carbons (Fsp3) is 0.588. The van der Waals surface area contributed by atoms with Gasteiger partial charge in [-0.05, 0) is 36.8 Å². The topological polar surface area (TPSA) is 17.8 Å². The quantitative estimate of drug-likeness (QED) is 0.705. The maximum atomic E-state index is 6.18. The van der Waals surface area contributed by atoms with E-state index in [1.165, 1.54) is 30.3 Å². The maximum absolute atomic E-state index is 6.18. The van der Waals surface area contributed by atoms with E-state index in [9.17, 15) is 0 Å². The third kappa shape index (κ3) is 2.14. The van der Waals surface area contributed by atoms with Crippen molar-refractivity contribution in [3.05, 3.63) is 29.6 Å². The van der Waals surface area contributed by atoms with E-state index in [2.05, 4.69) is 43.5 Å². The minimum Gasteiger partial charge on any atom is -0.324 e. The molecule has 3 heteroatoms. The van der Waals surface area contributed by atoms with Gasteiger partial charge in [-0.2, -0.15) is 0 Å². The van der Waals surface area contributed by atoms with Crippen molar-refractivity contribution in [3.63, 3.8) is 0 Å². The van der Waals surface area contributed by atoms with Crippen LogP contribution in [0.2, 0.25) is 0 Å². The number of benzene rings is 1. The summed E-state index contributed by atoms with van der Waals surface area (Å²) in [6.45, 7) is 6.89. The smallest absolute Gasteiger partial charge is 0.125 e. The number of aryl methyl sites for hydroxylation is 1. The lowest BCUT2D eigenvalue weighted by atomic mass is 9.78. The van der Waals surface area contributed by atoms with Crippen LogP contribution < -0.4 is 0 Å². The molecule has 108 valence electrons. The first-order chi connectivity index (χ1) is 9.63. The summed E-state index contributed by atoms with van der Waals surface area (Å²) >= 11 is 6.18. The van der Waals surface area contributed by atoms with Crippen LogP contribution in [0.4, 0.5) is 0 Å². The summed E-state index contributed by atoms with van der Waals surface area (Å²) in [7, 11) is 0. The minimum atomic E-state index is 0.492. The molecule has 20 heavy (non-hydrogen) atoms. The van der Waals surface area contributed by atoms with Crippen LogP contribution in [0.3, 0.4) is 0 Å². The normalized spacial score (nSPS) is 27.1. The van der Waals surface area contributed by atoms with Crippen molar-refractivity contribution < 1.29 is 0 Å². The number of para-hydroxylation sites is 1. The highest BCUT2D eigenvalue weighted by Gasteiger charge is 2.30. The summed E-state index contributed by atoms with van der Waals surface area (Å²) in [6.07, 6.45) is 3.90. The SMILES string of the molecule is Cc1cccc2c1nc(CCl)n2C1CCCC(C)C1C. The highest BCUT2D eigenvalue weighted by Crippen LogP contribution is 2.40. The van der Waals surface area contributed by atoms with E-state index in [0.717, 1.165) is 17.3 Å². The van der Waals surface area contributed by atoms with Gasteiger partial charge < -0.3 is 4.57 Å². The molecular weight excluding hydrogens is 268 g/mol. The highest BCUT2D eigenvalue weighted by atomic mass is 35.5. The molecule has 2 nitrogen and oxygen atoms in total. The number of halogens is 1. The number of alkyl halides is 1. The summed E-state index contributed by atoms with van der Waals surface area (Å²) < 4.78 is 2.43. The third-order valence-electron chi connectivity index (χ3n) is 5.11. The van der Waals surface area contributed by atoms with Gasteiger partial charge in [0.05, 0.1) is 16.9 Å². The molecule has 1 fully saturated rings.